The molecule has 3 heteroatoms. The third-order valence-corrected chi connectivity index (χ3v) is 11.0. The minimum atomic E-state index is 0.240. The molecule has 5 aliphatic rings. The number of hydrogen-bond donors (Lipinski definition) is 0. The molecular weight excluding hydrogens is 799 g/mol. The van der Waals surface area contributed by atoms with E-state index in [4.69, 9.17) is 0 Å². The van der Waals surface area contributed by atoms with Crippen molar-refractivity contribution in [1.82, 2.24) is 14.4 Å². The monoisotopic (exact) mass is 894 g/mol. The Kier molecular flexibility index (Phi) is 25.2. The van der Waals surface area contributed by atoms with Gasteiger partial charge in [0.15, 0.2) is 0 Å². The summed E-state index contributed by atoms with van der Waals surface area (Å²) >= 11 is 0. The summed E-state index contributed by atoms with van der Waals surface area (Å²) in [6.07, 6.45) is 53.1. The molecule has 0 saturated carbocycles. The lowest BCUT2D eigenvalue weighted by Crippen LogP contribution is -2.37. The molecule has 7 rings (SSSR count). The van der Waals surface area contributed by atoms with Gasteiger partial charge in [-0.05, 0) is 124 Å². The first-order valence-electron chi connectivity index (χ1n) is 24.3. The van der Waals surface area contributed by atoms with Crippen molar-refractivity contribution in [2.75, 3.05) is 13.6 Å². The van der Waals surface area contributed by atoms with E-state index in [1.807, 2.05) is 60.8 Å². The fraction of sp³-hybridized carbons (Fsp3) is 0.460. The Hall–Kier alpha value is -5.02. The van der Waals surface area contributed by atoms with Gasteiger partial charge in [0, 0.05) is 55.4 Å². The molecule has 1 aromatic carbocycles. The molecule has 3 nitrogen and oxygen atoms in total. The maximum absolute atomic E-state index is 2.31. The second-order valence-electron chi connectivity index (χ2n) is 23.4. The van der Waals surface area contributed by atoms with E-state index in [1.165, 1.54) is 11.1 Å². The Labute approximate surface area is 407 Å². The van der Waals surface area contributed by atoms with Gasteiger partial charge in [-0.3, -0.25) is 0 Å². The van der Waals surface area contributed by atoms with Crippen LogP contribution in [0.5, 0.6) is 0 Å². The molecule has 0 N–H and O–H groups in total. The van der Waals surface area contributed by atoms with Crippen molar-refractivity contribution in [1.29, 1.82) is 0 Å². The molecule has 0 amide bonds. The second kappa shape index (κ2) is 28.2. The molecule has 0 unspecified atom stereocenters. The zero-order valence-corrected chi connectivity index (χ0v) is 45.4. The van der Waals surface area contributed by atoms with Gasteiger partial charge in [0.05, 0.1) is 0 Å². The summed E-state index contributed by atoms with van der Waals surface area (Å²) in [6, 6.07) is 14.6. The summed E-state index contributed by atoms with van der Waals surface area (Å²) in [7, 11) is 2.00. The highest BCUT2D eigenvalue weighted by molar-refractivity contribution is 5.31. The van der Waals surface area contributed by atoms with Crippen LogP contribution in [0.1, 0.15) is 143 Å². The van der Waals surface area contributed by atoms with E-state index in [0.29, 0.717) is 27.6 Å². The lowest BCUT2D eigenvalue weighted by molar-refractivity contribution is 0.224. The van der Waals surface area contributed by atoms with Crippen molar-refractivity contribution in [3.63, 3.8) is 0 Å². The predicted octanol–water partition coefficient (Wildman–Crippen LogP) is 18.1. The first-order chi connectivity index (χ1) is 30.5. The minimum Gasteiger partial charge on any atom is -0.369 e. The van der Waals surface area contributed by atoms with Gasteiger partial charge in [-0.25, -0.2) is 0 Å². The van der Waals surface area contributed by atoms with Crippen molar-refractivity contribution < 1.29 is 0 Å². The van der Waals surface area contributed by atoms with Gasteiger partial charge in [-0.15, -0.1) is 0 Å². The van der Waals surface area contributed by atoms with Gasteiger partial charge < -0.3 is 14.4 Å². The van der Waals surface area contributed by atoms with Crippen LogP contribution >= 0.6 is 0 Å². The molecule has 0 atom stereocenters. The Morgan fingerprint density at radius 3 is 1.32 bits per heavy atom. The average Bonchev–Trinajstić information content (AvgIpc) is 4.02. The number of aromatic nitrogens is 1. The first-order valence-corrected chi connectivity index (χ1v) is 24.3. The number of hydrogen-bond acceptors (Lipinski definition) is 2. The zero-order valence-electron chi connectivity index (χ0n) is 45.4. The summed E-state index contributed by atoms with van der Waals surface area (Å²) in [4.78, 5) is 4.31. The predicted molar refractivity (Wildman–Crippen MR) is 297 cm³/mol. The van der Waals surface area contributed by atoms with Crippen LogP contribution in [0, 0.1) is 22.2 Å². The molecule has 66 heavy (non-hydrogen) atoms. The number of nitrogens with zero attached hydrogens (tertiary/aromatic N) is 3. The van der Waals surface area contributed by atoms with Crippen LogP contribution in [-0.4, -0.2) is 33.5 Å². The van der Waals surface area contributed by atoms with E-state index in [9.17, 15) is 0 Å². The van der Waals surface area contributed by atoms with Crippen LogP contribution in [0.2, 0.25) is 0 Å². The molecule has 2 aliphatic heterocycles. The molecule has 0 fully saturated rings. The Morgan fingerprint density at radius 1 is 0.485 bits per heavy atom. The maximum atomic E-state index is 2.31. The highest BCUT2D eigenvalue weighted by Gasteiger charge is 2.20. The Morgan fingerprint density at radius 2 is 1.02 bits per heavy atom. The summed E-state index contributed by atoms with van der Waals surface area (Å²) in [6.45, 7) is 41.2. The molecule has 3 aliphatic carbocycles. The maximum Gasteiger partial charge on any atom is 0.0362 e. The third-order valence-electron chi connectivity index (χ3n) is 11.0. The van der Waals surface area contributed by atoms with Crippen LogP contribution in [0.15, 0.2) is 200 Å². The standard InChI is InChI=1S/C11H16.C10H14.C9H15N.2C9H14.C8H13N.C7H9N/c1-11(2,3)10-8-6-4-5-7-9-10;1-10(2,3)9-7-5-4-6-8-9;1-9(2,3)10-7-5-4-6-8-10;2*1-9(2,3)8-6-4-5-7-8;1-8(2,3)9-6-4-5-7-9;1-8-6-4-2-3-5-7-8/h4-10H,1-3H3;4-8H,1-3H3;4-7H,8H2,1-3H3;4,6-7H,5H2,1-3H3;4-6H,7H2,1-3H3;4-7H,1-3H3;2-7H,1H3. The van der Waals surface area contributed by atoms with Gasteiger partial charge in [-0.2, -0.15) is 0 Å². The Bertz CT molecular complexity index is 1970. The van der Waals surface area contributed by atoms with Crippen molar-refractivity contribution in [2.24, 2.45) is 22.2 Å². The summed E-state index contributed by atoms with van der Waals surface area (Å²) in [5, 5.41) is 0. The van der Waals surface area contributed by atoms with E-state index >= 15 is 0 Å². The fourth-order valence-electron chi connectivity index (χ4n) is 6.39. The van der Waals surface area contributed by atoms with E-state index in [1.54, 1.807) is 5.57 Å². The smallest absolute Gasteiger partial charge is 0.0362 e. The summed E-state index contributed by atoms with van der Waals surface area (Å²) < 4.78 is 2.19. The topological polar surface area (TPSA) is 11.4 Å². The molecule has 0 saturated heterocycles. The van der Waals surface area contributed by atoms with Gasteiger partial charge in [0.2, 0.25) is 0 Å². The van der Waals surface area contributed by atoms with Gasteiger partial charge in [0.1, 0.15) is 0 Å². The molecule has 362 valence electrons. The van der Waals surface area contributed by atoms with Crippen molar-refractivity contribution in [3.05, 3.63) is 206 Å². The summed E-state index contributed by atoms with van der Waals surface area (Å²) in [5.74, 6) is 0.567. The molecule has 2 aromatic rings. The van der Waals surface area contributed by atoms with Gasteiger partial charge in [0.25, 0.3) is 0 Å². The van der Waals surface area contributed by atoms with Crippen LogP contribution in [0.3, 0.4) is 0 Å². The number of benzene rings is 1. The highest BCUT2D eigenvalue weighted by atomic mass is 15.2. The van der Waals surface area contributed by atoms with Crippen molar-refractivity contribution >= 4 is 0 Å². The SMILES string of the molecule is CC(C)(C)C1=CC=CC1.CC(C)(C)C1=CCC=C1.CC(C)(C)C1C=CC=CC=C1.CC(C)(C)N1C=CC=CC1.CC(C)(C)c1ccccc1.CC(C)(C)n1cccc1.CN1C=CC=CC=C1. The first kappa shape index (κ1) is 59.0. The normalized spacial score (nSPS) is 16.3. The number of rotatable bonds is 0. The van der Waals surface area contributed by atoms with Crippen LogP contribution in [-0.2, 0) is 11.0 Å². The molecule has 0 radical (unpaired) electrons. The molecule has 0 bridgehead atoms. The minimum absolute atomic E-state index is 0.240. The van der Waals surface area contributed by atoms with E-state index in [0.717, 1.165) is 19.4 Å². The van der Waals surface area contributed by atoms with E-state index in [-0.39, 0.29) is 11.1 Å². The zero-order chi connectivity index (χ0) is 50.1. The average molecular weight is 894 g/mol. The highest BCUT2D eigenvalue weighted by Crippen LogP contribution is 2.31. The molecular formula is C63H95N3. The molecule has 0 spiro atoms. The fourth-order valence-corrected chi connectivity index (χ4v) is 6.39. The Balaban J connectivity index is 0.000000386. The quantitative estimate of drug-likeness (QED) is 0.261. The van der Waals surface area contributed by atoms with Crippen LogP contribution in [0.4, 0.5) is 0 Å². The van der Waals surface area contributed by atoms with E-state index < -0.39 is 0 Å². The summed E-state index contributed by atoms with van der Waals surface area (Å²) in [5.41, 5.74) is 6.29. The van der Waals surface area contributed by atoms with Crippen molar-refractivity contribution in [3.8, 4) is 0 Å². The molecule has 3 heterocycles. The van der Waals surface area contributed by atoms with Gasteiger partial charge >= 0.3 is 0 Å². The number of allylic oxidation sites excluding steroid dienone is 20. The second-order valence-corrected chi connectivity index (χ2v) is 23.4. The lowest BCUT2D eigenvalue weighted by Gasteiger charge is -2.34. The van der Waals surface area contributed by atoms with E-state index in [2.05, 4.69) is 274 Å². The largest absolute Gasteiger partial charge is 0.369 e. The van der Waals surface area contributed by atoms with Gasteiger partial charge in [-0.1, -0.05) is 216 Å². The lowest BCUT2D eigenvalue weighted by atomic mass is 9.80. The van der Waals surface area contributed by atoms with Crippen LogP contribution < -0.4 is 0 Å². The van der Waals surface area contributed by atoms with Crippen molar-refractivity contribution in [2.45, 2.75) is 154 Å². The molecule has 1 aromatic heterocycles. The third kappa shape index (κ3) is 26.8. The van der Waals surface area contributed by atoms with Crippen LogP contribution in [0.25, 0.3) is 0 Å².